The van der Waals surface area contributed by atoms with Gasteiger partial charge in [0.1, 0.15) is 12.0 Å². The molecular weight excluding hydrogens is 1030 g/mol. The Labute approximate surface area is 454 Å². The molecule has 6 aromatic carbocycles. The number of hydrogen-bond acceptors (Lipinski definition) is 5. The minimum atomic E-state index is -4.59. The zero-order valence-electron chi connectivity index (χ0n) is 43.7. The Morgan fingerprint density at radius 3 is 1.48 bits per heavy atom. The molecule has 1 fully saturated rings. The number of hydrogen-bond donors (Lipinski definition) is 3. The topological polar surface area (TPSA) is 93.8 Å². The lowest BCUT2D eigenvalue weighted by Crippen LogP contribution is -2.47. The molecule has 6 aromatic rings. The number of benzene rings is 6. The third kappa shape index (κ3) is 14.8. The first-order chi connectivity index (χ1) is 37.8. The molecule has 3 amide bonds. The summed E-state index contributed by atoms with van der Waals surface area (Å²) in [6.07, 6.45) is -6.19. The van der Waals surface area contributed by atoms with Crippen molar-refractivity contribution < 1.29 is 53.9 Å². The molecule has 0 atom stereocenters. The van der Waals surface area contributed by atoms with Gasteiger partial charge in [-0.15, -0.1) is 0 Å². The van der Waals surface area contributed by atoms with Gasteiger partial charge in [0.15, 0.2) is 0 Å². The van der Waals surface area contributed by atoms with Crippen molar-refractivity contribution >= 4 is 17.7 Å². The van der Waals surface area contributed by atoms with E-state index in [2.05, 4.69) is 25.8 Å². The number of carbonyl (C=O) groups excluding carboxylic acids is 3. The second-order valence-electron chi connectivity index (χ2n) is 20.4. The summed E-state index contributed by atoms with van der Waals surface area (Å²) in [5.74, 6) is -1.32. The van der Waals surface area contributed by atoms with E-state index in [9.17, 15) is 53.9 Å². The molecule has 3 N–H and O–H groups in total. The fraction of sp³-hybridized carbons (Fsp3) is 0.371. The second-order valence-corrected chi connectivity index (χ2v) is 20.4. The molecule has 8 nitrogen and oxygen atoms in total. The van der Waals surface area contributed by atoms with Crippen LogP contribution in [0.15, 0.2) is 146 Å². The Kier molecular flexibility index (Phi) is 19.0. The predicted octanol–water partition coefficient (Wildman–Crippen LogP) is 13.8. The zero-order valence-corrected chi connectivity index (χ0v) is 43.7. The van der Waals surface area contributed by atoms with Crippen LogP contribution in [0.2, 0.25) is 0 Å². The number of carbonyl (C=O) groups is 3. The zero-order chi connectivity index (χ0) is 56.2. The Bertz CT molecular complexity index is 2960. The smallest absolute Gasteiger partial charge is 0.352 e. The Morgan fingerprint density at radius 1 is 0.506 bits per heavy atom. The Balaban J connectivity index is 0.841. The maximum Gasteiger partial charge on any atom is 0.416 e. The average Bonchev–Trinajstić information content (AvgIpc) is 3.91. The molecule has 0 unspecified atom stereocenters. The van der Waals surface area contributed by atoms with Gasteiger partial charge in [-0.2, -0.15) is 39.5 Å². The highest BCUT2D eigenvalue weighted by Crippen LogP contribution is 2.52. The summed E-state index contributed by atoms with van der Waals surface area (Å²) < 4.78 is 120. The van der Waals surface area contributed by atoms with E-state index in [1.165, 1.54) is 24.3 Å². The number of piperidine rings is 1. The molecule has 0 saturated carbocycles. The quantitative estimate of drug-likeness (QED) is 0.0439. The van der Waals surface area contributed by atoms with Gasteiger partial charge in [-0.05, 0) is 152 Å². The number of rotatable bonds is 23. The first-order valence-electron chi connectivity index (χ1n) is 26.9. The lowest BCUT2D eigenvalue weighted by Gasteiger charge is -2.32. The molecule has 79 heavy (non-hydrogen) atoms. The fourth-order valence-corrected chi connectivity index (χ4v) is 11.1. The molecule has 1 heterocycles. The molecule has 1 saturated heterocycles. The molecular formula is C62H64F9N5O3. The van der Waals surface area contributed by atoms with E-state index >= 15 is 0 Å². The number of halogens is 9. The maximum atomic E-state index is 14.1. The molecule has 17 heteroatoms. The van der Waals surface area contributed by atoms with E-state index in [-0.39, 0.29) is 24.3 Å². The number of nitrogens with one attached hydrogen (secondary N) is 3. The summed E-state index contributed by atoms with van der Waals surface area (Å²) in [6, 6.07) is 37.8. The van der Waals surface area contributed by atoms with Gasteiger partial charge in [-0.25, -0.2) is 0 Å². The van der Waals surface area contributed by atoms with Crippen molar-refractivity contribution in [2.24, 2.45) is 0 Å². The Morgan fingerprint density at radius 2 is 0.962 bits per heavy atom. The van der Waals surface area contributed by atoms with Crippen molar-refractivity contribution in [3.05, 3.63) is 179 Å². The van der Waals surface area contributed by atoms with Gasteiger partial charge in [0.2, 0.25) is 5.91 Å². The highest BCUT2D eigenvalue weighted by atomic mass is 19.4. The van der Waals surface area contributed by atoms with Crippen LogP contribution >= 0.6 is 0 Å². The third-order valence-corrected chi connectivity index (χ3v) is 15.1. The molecule has 1 aliphatic heterocycles. The summed E-state index contributed by atoms with van der Waals surface area (Å²) >= 11 is 0. The molecule has 2 aliphatic rings. The normalized spacial score (nSPS) is 14.7. The minimum absolute atomic E-state index is 0.0471. The highest BCUT2D eigenvalue weighted by molar-refractivity contribution is 6.02. The number of amides is 3. The second kappa shape index (κ2) is 25.9. The molecule has 1 aliphatic carbocycles. The van der Waals surface area contributed by atoms with Gasteiger partial charge in [-0.3, -0.25) is 14.4 Å². The SMILES string of the molecule is O=C(NCCCN(CCCCCCN1CCC(NC(=O)c2ccccc2-c2ccc(C(F)(F)F)cc2)CC1)CCCCC1(C(=O)NCC(F)(F)F)c2ccccc2-c2ccccc21)c1ccccc1-c1ccc(C(F)(F)F)cc1. The van der Waals surface area contributed by atoms with E-state index in [1.54, 1.807) is 60.7 Å². The largest absolute Gasteiger partial charge is 0.416 e. The highest BCUT2D eigenvalue weighted by Gasteiger charge is 2.49. The lowest BCUT2D eigenvalue weighted by molar-refractivity contribution is -0.141. The van der Waals surface area contributed by atoms with Crippen molar-refractivity contribution in [3.63, 3.8) is 0 Å². The van der Waals surface area contributed by atoms with Crippen LogP contribution in [0.5, 0.6) is 0 Å². The van der Waals surface area contributed by atoms with Crippen LogP contribution in [0.25, 0.3) is 33.4 Å². The van der Waals surface area contributed by atoms with Crippen molar-refractivity contribution in [2.45, 2.75) is 94.2 Å². The molecule has 0 radical (unpaired) electrons. The van der Waals surface area contributed by atoms with E-state index in [1.807, 2.05) is 36.4 Å². The first kappa shape index (κ1) is 58.2. The van der Waals surface area contributed by atoms with E-state index in [0.717, 1.165) is 100 Å². The number of fused-ring (bicyclic) bond motifs is 3. The van der Waals surface area contributed by atoms with Crippen LogP contribution in [0, 0.1) is 0 Å². The minimum Gasteiger partial charge on any atom is -0.352 e. The maximum absolute atomic E-state index is 14.1. The van der Waals surface area contributed by atoms with Crippen molar-refractivity contribution in [1.82, 2.24) is 25.8 Å². The van der Waals surface area contributed by atoms with E-state index in [4.69, 9.17) is 0 Å². The predicted molar refractivity (Wildman–Crippen MR) is 288 cm³/mol. The first-order valence-corrected chi connectivity index (χ1v) is 26.9. The molecule has 0 aromatic heterocycles. The molecule has 0 spiro atoms. The summed E-state index contributed by atoms with van der Waals surface area (Å²) in [5, 5.41) is 8.34. The number of alkyl halides is 9. The van der Waals surface area contributed by atoms with E-state index in [0.29, 0.717) is 83.4 Å². The Hall–Kier alpha value is -6.98. The number of likely N-dealkylation sites (tertiary alicyclic amines) is 1. The van der Waals surface area contributed by atoms with Gasteiger partial charge in [0.05, 0.1) is 11.1 Å². The average molecular weight is 1100 g/mol. The third-order valence-electron chi connectivity index (χ3n) is 15.1. The number of nitrogens with zero attached hydrogens (tertiary/aromatic N) is 2. The molecule has 8 rings (SSSR count). The summed E-state index contributed by atoms with van der Waals surface area (Å²) in [5.41, 5.74) is 2.92. The van der Waals surface area contributed by atoms with Gasteiger partial charge in [-0.1, -0.05) is 128 Å². The molecule has 0 bridgehead atoms. The van der Waals surface area contributed by atoms with Crippen LogP contribution in [-0.2, 0) is 22.6 Å². The van der Waals surface area contributed by atoms with Crippen LogP contribution in [0.3, 0.4) is 0 Å². The lowest BCUT2D eigenvalue weighted by atomic mass is 9.73. The van der Waals surface area contributed by atoms with E-state index < -0.39 is 47.5 Å². The van der Waals surface area contributed by atoms with Crippen molar-refractivity contribution in [2.75, 3.05) is 52.4 Å². The van der Waals surface area contributed by atoms with Gasteiger partial charge >= 0.3 is 18.5 Å². The fourth-order valence-electron chi connectivity index (χ4n) is 11.1. The monoisotopic (exact) mass is 1100 g/mol. The van der Waals surface area contributed by atoms with Gasteiger partial charge in [0, 0.05) is 36.8 Å². The molecule has 418 valence electrons. The van der Waals surface area contributed by atoms with Crippen molar-refractivity contribution in [1.29, 1.82) is 0 Å². The van der Waals surface area contributed by atoms with Crippen LogP contribution in [0.4, 0.5) is 39.5 Å². The van der Waals surface area contributed by atoms with Gasteiger partial charge < -0.3 is 25.8 Å². The summed E-state index contributed by atoms with van der Waals surface area (Å²) in [6.45, 7) is 3.39. The van der Waals surface area contributed by atoms with Gasteiger partial charge in [0.25, 0.3) is 11.8 Å². The van der Waals surface area contributed by atoms with Crippen LogP contribution < -0.4 is 16.0 Å². The standard InChI is InChI=1S/C62H64F9N5O3/c63-60(64,65)42-73-58(79)59(54-22-9-7-18-50(54)51-19-8-10-23-55(51)59)34-11-14-38-75(39-15-35-72-56(77)52-20-5-3-16-48(52)43-24-28-45(29-25-43)61(66,67)68)36-12-1-2-13-37-76-40-32-47(33-41-76)74-57(78)53-21-6-4-17-49(53)44-26-30-46(31-27-44)62(69,70)71/h3-10,16-31,47H,1-2,11-15,32-42H2,(H,72,77)(H,73,79)(H,74,78). The number of unbranched alkanes of at least 4 members (excludes halogenated alkanes) is 4. The van der Waals surface area contributed by atoms with Crippen LogP contribution in [-0.4, -0.2) is 92.1 Å². The summed E-state index contributed by atoms with van der Waals surface area (Å²) in [4.78, 5) is 45.8. The van der Waals surface area contributed by atoms with Crippen molar-refractivity contribution in [3.8, 4) is 33.4 Å². The summed E-state index contributed by atoms with van der Waals surface area (Å²) in [7, 11) is 0. The van der Waals surface area contributed by atoms with Crippen LogP contribution in [0.1, 0.15) is 107 Å².